The van der Waals surface area contributed by atoms with Gasteiger partial charge in [0.05, 0.1) is 27.3 Å². The summed E-state index contributed by atoms with van der Waals surface area (Å²) in [5.41, 5.74) is 7.88. The molecule has 2 N–H and O–H groups in total. The topological polar surface area (TPSA) is 64.7 Å². The molecule has 0 spiro atoms. The average molecular weight is 327 g/mol. The fraction of sp³-hybridized carbons (Fsp3) is 0.417. The van der Waals surface area contributed by atoms with E-state index in [1.54, 1.807) is 11.3 Å². The number of aromatic nitrogens is 3. The number of nitrogens with two attached hydrogens (primary N) is 1. The normalized spacial score (nSPS) is 10.8. The van der Waals surface area contributed by atoms with Gasteiger partial charge in [-0.15, -0.1) is 11.3 Å². The lowest BCUT2D eigenvalue weighted by atomic mass is 10.2. The van der Waals surface area contributed by atoms with Crippen molar-refractivity contribution >= 4 is 33.1 Å². The van der Waals surface area contributed by atoms with Gasteiger partial charge in [-0.25, -0.2) is 15.0 Å². The summed E-state index contributed by atoms with van der Waals surface area (Å²) < 4.78 is 0.822. The molecule has 0 aliphatic heterocycles. The van der Waals surface area contributed by atoms with Gasteiger partial charge in [0.25, 0.3) is 0 Å². The Kier molecular flexibility index (Phi) is 4.29. The maximum absolute atomic E-state index is 5.89. The average Bonchev–Trinajstić information content (AvgIpc) is 2.71. The minimum absolute atomic E-state index is 0.510. The lowest BCUT2D eigenvalue weighted by molar-refractivity contribution is 0.832. The van der Waals surface area contributed by atoms with Crippen molar-refractivity contribution in [3.63, 3.8) is 0 Å². The van der Waals surface area contributed by atoms with Gasteiger partial charge >= 0.3 is 0 Å². The van der Waals surface area contributed by atoms with E-state index < -0.39 is 0 Å². The third kappa shape index (κ3) is 3.05. The molecule has 0 unspecified atom stereocenters. The van der Waals surface area contributed by atoms with E-state index in [-0.39, 0.29) is 0 Å². The van der Waals surface area contributed by atoms with Gasteiger partial charge in [0.15, 0.2) is 0 Å². The lowest BCUT2D eigenvalue weighted by Gasteiger charge is -2.07. The van der Waals surface area contributed by atoms with Crippen molar-refractivity contribution in [3.8, 4) is 0 Å². The molecule has 0 radical (unpaired) electrons. The molecule has 2 aromatic rings. The Bertz CT molecular complexity index is 553. The predicted molar refractivity (Wildman–Crippen MR) is 77.8 cm³/mol. The number of aryl methyl sites for hydroxylation is 2. The van der Waals surface area contributed by atoms with Crippen LogP contribution < -0.4 is 5.73 Å². The molecule has 2 rings (SSSR count). The number of hydrogen-bond acceptors (Lipinski definition) is 5. The molecule has 0 aliphatic carbocycles. The summed E-state index contributed by atoms with van der Waals surface area (Å²) in [5, 5.41) is 3.10. The van der Waals surface area contributed by atoms with E-state index in [0.29, 0.717) is 12.2 Å². The van der Waals surface area contributed by atoms with Crippen molar-refractivity contribution in [2.24, 2.45) is 0 Å². The van der Waals surface area contributed by atoms with Gasteiger partial charge in [-0.1, -0.05) is 13.3 Å². The summed E-state index contributed by atoms with van der Waals surface area (Å²) in [7, 11) is 0. The smallest absolute Gasteiger partial charge is 0.141 e. The van der Waals surface area contributed by atoms with Crippen LogP contribution in [0.2, 0.25) is 0 Å². The molecule has 2 aromatic heterocycles. The minimum atomic E-state index is 0.510. The molecular formula is C12H15BrN4S. The Morgan fingerprint density at radius 3 is 2.72 bits per heavy atom. The maximum Gasteiger partial charge on any atom is 0.141 e. The monoisotopic (exact) mass is 326 g/mol. The van der Waals surface area contributed by atoms with Gasteiger partial charge < -0.3 is 5.73 Å². The first-order valence-corrected chi connectivity index (χ1v) is 7.49. The highest BCUT2D eigenvalue weighted by molar-refractivity contribution is 9.10. The van der Waals surface area contributed by atoms with Crippen molar-refractivity contribution in [2.75, 3.05) is 5.73 Å². The molecule has 0 amide bonds. The minimum Gasteiger partial charge on any atom is -0.383 e. The van der Waals surface area contributed by atoms with Crippen LogP contribution in [0.5, 0.6) is 0 Å². The van der Waals surface area contributed by atoms with E-state index in [4.69, 9.17) is 5.73 Å². The molecule has 0 saturated carbocycles. The number of thiazole rings is 1. The molecule has 2 heterocycles. The van der Waals surface area contributed by atoms with Gasteiger partial charge in [0, 0.05) is 5.38 Å². The highest BCUT2D eigenvalue weighted by atomic mass is 79.9. The summed E-state index contributed by atoms with van der Waals surface area (Å²) in [6, 6.07) is 0. The summed E-state index contributed by atoms with van der Waals surface area (Å²) in [5.74, 6) is 1.25. The highest BCUT2D eigenvalue weighted by Crippen LogP contribution is 2.23. The number of halogens is 1. The Morgan fingerprint density at radius 1 is 1.33 bits per heavy atom. The standard InChI is InChI=1S/C12H15BrN4S/c1-3-4-9-11(13)12(14)17-10(16-9)5-8-6-18-7(2)15-8/h6H,3-5H2,1-2H3,(H2,14,16,17). The molecule has 0 atom stereocenters. The molecule has 0 saturated heterocycles. The molecule has 6 heteroatoms. The van der Waals surface area contributed by atoms with Crippen LogP contribution in [0.25, 0.3) is 0 Å². The Balaban J connectivity index is 2.28. The van der Waals surface area contributed by atoms with Gasteiger partial charge in [-0.2, -0.15) is 0 Å². The van der Waals surface area contributed by atoms with E-state index in [9.17, 15) is 0 Å². The SMILES string of the molecule is CCCc1nc(Cc2csc(C)n2)nc(N)c1Br. The number of anilines is 1. The third-order valence-corrected chi connectivity index (χ3v) is 4.17. The third-order valence-electron chi connectivity index (χ3n) is 2.48. The van der Waals surface area contributed by atoms with Crippen LogP contribution in [-0.2, 0) is 12.8 Å². The van der Waals surface area contributed by atoms with E-state index in [1.165, 1.54) is 0 Å². The lowest BCUT2D eigenvalue weighted by Crippen LogP contribution is -2.06. The van der Waals surface area contributed by atoms with Crippen molar-refractivity contribution < 1.29 is 0 Å². The number of nitrogens with zero attached hydrogens (tertiary/aromatic N) is 3. The van der Waals surface area contributed by atoms with Gasteiger partial charge in [-0.3, -0.25) is 0 Å². The summed E-state index contributed by atoms with van der Waals surface area (Å²) in [6.07, 6.45) is 2.57. The summed E-state index contributed by atoms with van der Waals surface area (Å²) in [6.45, 7) is 4.11. The summed E-state index contributed by atoms with van der Waals surface area (Å²) in [4.78, 5) is 13.3. The number of nitrogen functional groups attached to an aromatic ring is 1. The van der Waals surface area contributed by atoms with Crippen LogP contribution in [-0.4, -0.2) is 15.0 Å². The van der Waals surface area contributed by atoms with E-state index in [2.05, 4.69) is 37.8 Å². The fourth-order valence-corrected chi connectivity index (χ4v) is 2.69. The van der Waals surface area contributed by atoms with E-state index in [0.717, 1.165) is 39.5 Å². The molecule has 96 valence electrons. The van der Waals surface area contributed by atoms with Gasteiger partial charge in [0.1, 0.15) is 11.6 Å². The number of rotatable bonds is 4. The van der Waals surface area contributed by atoms with Crippen molar-refractivity contribution in [2.45, 2.75) is 33.1 Å². The van der Waals surface area contributed by atoms with Crippen LogP contribution >= 0.6 is 27.3 Å². The van der Waals surface area contributed by atoms with Gasteiger partial charge in [0.2, 0.25) is 0 Å². The molecule has 4 nitrogen and oxygen atoms in total. The first kappa shape index (κ1) is 13.4. The Morgan fingerprint density at radius 2 is 2.11 bits per heavy atom. The zero-order valence-electron chi connectivity index (χ0n) is 10.4. The first-order valence-electron chi connectivity index (χ1n) is 5.82. The largest absolute Gasteiger partial charge is 0.383 e. The molecule has 18 heavy (non-hydrogen) atoms. The zero-order chi connectivity index (χ0) is 13.1. The molecule has 0 fully saturated rings. The van der Waals surface area contributed by atoms with E-state index in [1.807, 2.05) is 12.3 Å². The van der Waals surface area contributed by atoms with Crippen molar-refractivity contribution in [1.82, 2.24) is 15.0 Å². The van der Waals surface area contributed by atoms with Crippen LogP contribution in [0.1, 0.15) is 35.6 Å². The second-order valence-corrected chi connectivity index (χ2v) is 5.93. The quantitative estimate of drug-likeness (QED) is 0.937. The van der Waals surface area contributed by atoms with E-state index >= 15 is 0 Å². The molecule has 0 aromatic carbocycles. The van der Waals surface area contributed by atoms with Crippen molar-refractivity contribution in [3.05, 3.63) is 32.1 Å². The second kappa shape index (κ2) is 5.75. The van der Waals surface area contributed by atoms with Crippen molar-refractivity contribution in [1.29, 1.82) is 0 Å². The molecular weight excluding hydrogens is 312 g/mol. The second-order valence-electron chi connectivity index (χ2n) is 4.07. The fourth-order valence-electron chi connectivity index (χ4n) is 1.70. The predicted octanol–water partition coefficient (Wildman–Crippen LogP) is 3.13. The molecule has 0 bridgehead atoms. The zero-order valence-corrected chi connectivity index (χ0v) is 12.8. The van der Waals surface area contributed by atoms with Crippen LogP contribution in [0, 0.1) is 6.92 Å². The first-order chi connectivity index (χ1) is 8.60. The van der Waals surface area contributed by atoms with Crippen LogP contribution in [0.3, 0.4) is 0 Å². The molecule has 0 aliphatic rings. The number of hydrogen-bond donors (Lipinski definition) is 1. The Labute approximate surface area is 119 Å². The Hall–Kier alpha value is -1.01. The van der Waals surface area contributed by atoms with Crippen LogP contribution in [0.4, 0.5) is 5.82 Å². The van der Waals surface area contributed by atoms with Gasteiger partial charge in [-0.05, 0) is 29.3 Å². The maximum atomic E-state index is 5.89. The van der Waals surface area contributed by atoms with Crippen LogP contribution in [0.15, 0.2) is 9.85 Å². The summed E-state index contributed by atoms with van der Waals surface area (Å²) >= 11 is 5.08. The highest BCUT2D eigenvalue weighted by Gasteiger charge is 2.11.